The van der Waals surface area contributed by atoms with Crippen LogP contribution < -0.4 is 5.32 Å². The smallest absolute Gasteiger partial charge is 0.0235 e. The molecular formula is C10H21N3. The molecule has 0 aromatic rings. The van der Waals surface area contributed by atoms with Crippen molar-refractivity contribution in [1.82, 2.24) is 15.1 Å². The fraction of sp³-hybridized carbons (Fsp3) is 1.00. The molecule has 2 aliphatic heterocycles. The predicted octanol–water partition coefficient (Wildman–Crippen LogP) is -0.0142. The molecule has 2 aliphatic rings. The first-order chi connectivity index (χ1) is 6.36. The molecule has 0 amide bonds. The van der Waals surface area contributed by atoms with Crippen molar-refractivity contribution in [1.29, 1.82) is 0 Å². The lowest BCUT2D eigenvalue weighted by Gasteiger charge is -2.26. The van der Waals surface area contributed by atoms with Gasteiger partial charge in [-0.1, -0.05) is 0 Å². The van der Waals surface area contributed by atoms with E-state index in [-0.39, 0.29) is 0 Å². The molecule has 13 heavy (non-hydrogen) atoms. The Labute approximate surface area is 81.1 Å². The molecule has 2 fully saturated rings. The van der Waals surface area contributed by atoms with Crippen molar-refractivity contribution in [2.75, 3.05) is 46.3 Å². The summed E-state index contributed by atoms with van der Waals surface area (Å²) in [4.78, 5) is 5.12. The molecule has 2 rings (SSSR count). The minimum atomic E-state index is 0.838. The van der Waals surface area contributed by atoms with Crippen LogP contribution in [-0.2, 0) is 0 Å². The molecule has 1 atom stereocenters. The van der Waals surface area contributed by atoms with Gasteiger partial charge in [0.2, 0.25) is 0 Å². The Bertz CT molecular complexity index is 152. The molecular weight excluding hydrogens is 162 g/mol. The summed E-state index contributed by atoms with van der Waals surface area (Å²) in [5.74, 6) is 0. The molecule has 0 radical (unpaired) electrons. The van der Waals surface area contributed by atoms with E-state index in [1.807, 2.05) is 0 Å². The van der Waals surface area contributed by atoms with Crippen LogP contribution in [0.3, 0.4) is 0 Å². The van der Waals surface area contributed by atoms with Gasteiger partial charge in [0.25, 0.3) is 0 Å². The Balaban J connectivity index is 1.84. The fourth-order valence-corrected chi connectivity index (χ4v) is 2.44. The van der Waals surface area contributed by atoms with Gasteiger partial charge in [0, 0.05) is 25.7 Å². The monoisotopic (exact) mass is 183 g/mol. The molecule has 1 N–H and O–H groups in total. The van der Waals surface area contributed by atoms with E-state index >= 15 is 0 Å². The van der Waals surface area contributed by atoms with Crippen LogP contribution in [0.2, 0.25) is 0 Å². The van der Waals surface area contributed by atoms with Gasteiger partial charge in [-0.05, 0) is 39.5 Å². The molecule has 0 aliphatic carbocycles. The second kappa shape index (κ2) is 4.40. The minimum Gasteiger partial charge on any atom is -0.315 e. The minimum absolute atomic E-state index is 0.838. The third-order valence-electron chi connectivity index (χ3n) is 3.26. The highest BCUT2D eigenvalue weighted by atomic mass is 15.2. The molecule has 2 saturated heterocycles. The lowest BCUT2D eigenvalue weighted by atomic mass is 10.2. The van der Waals surface area contributed by atoms with Crippen LogP contribution in [0.15, 0.2) is 0 Å². The van der Waals surface area contributed by atoms with E-state index in [1.165, 1.54) is 52.1 Å². The molecule has 0 bridgehead atoms. The van der Waals surface area contributed by atoms with Gasteiger partial charge in [-0.3, -0.25) is 4.90 Å². The van der Waals surface area contributed by atoms with Gasteiger partial charge >= 0.3 is 0 Å². The first kappa shape index (κ1) is 9.44. The quantitative estimate of drug-likeness (QED) is 0.616. The molecule has 0 spiro atoms. The molecule has 1 unspecified atom stereocenters. The summed E-state index contributed by atoms with van der Waals surface area (Å²) in [6, 6.07) is 0.838. The molecule has 0 saturated carbocycles. The number of nitrogens with zero attached hydrogens (tertiary/aromatic N) is 2. The van der Waals surface area contributed by atoms with E-state index in [9.17, 15) is 0 Å². The molecule has 0 aromatic heterocycles. The Kier molecular flexibility index (Phi) is 3.19. The number of nitrogens with one attached hydrogen (secondary N) is 1. The van der Waals surface area contributed by atoms with E-state index in [2.05, 4.69) is 22.2 Å². The van der Waals surface area contributed by atoms with Crippen LogP contribution in [0.1, 0.15) is 12.8 Å². The summed E-state index contributed by atoms with van der Waals surface area (Å²) in [5, 5.41) is 3.46. The van der Waals surface area contributed by atoms with Crippen molar-refractivity contribution in [3.8, 4) is 0 Å². The fourth-order valence-electron chi connectivity index (χ4n) is 2.44. The van der Waals surface area contributed by atoms with Crippen LogP contribution in [0.5, 0.6) is 0 Å². The van der Waals surface area contributed by atoms with Crippen LogP contribution in [-0.4, -0.2) is 62.2 Å². The zero-order valence-electron chi connectivity index (χ0n) is 8.63. The van der Waals surface area contributed by atoms with Crippen molar-refractivity contribution < 1.29 is 0 Å². The first-order valence-corrected chi connectivity index (χ1v) is 5.49. The van der Waals surface area contributed by atoms with E-state index in [0.717, 1.165) is 6.04 Å². The maximum absolute atomic E-state index is 3.46. The van der Waals surface area contributed by atoms with Crippen molar-refractivity contribution >= 4 is 0 Å². The van der Waals surface area contributed by atoms with E-state index in [4.69, 9.17) is 0 Å². The number of hydrogen-bond acceptors (Lipinski definition) is 3. The van der Waals surface area contributed by atoms with Gasteiger partial charge in [0.15, 0.2) is 0 Å². The number of likely N-dealkylation sites (tertiary alicyclic amines) is 1. The molecule has 76 valence electrons. The Morgan fingerprint density at radius 2 is 2.08 bits per heavy atom. The Morgan fingerprint density at radius 1 is 1.15 bits per heavy atom. The van der Waals surface area contributed by atoms with Gasteiger partial charge in [-0.25, -0.2) is 0 Å². The summed E-state index contributed by atoms with van der Waals surface area (Å²) < 4.78 is 0. The Hall–Kier alpha value is -0.120. The first-order valence-electron chi connectivity index (χ1n) is 5.49. The third kappa shape index (κ3) is 2.42. The zero-order valence-corrected chi connectivity index (χ0v) is 8.63. The van der Waals surface area contributed by atoms with Gasteiger partial charge in [0.05, 0.1) is 0 Å². The van der Waals surface area contributed by atoms with Crippen LogP contribution in [0, 0.1) is 0 Å². The summed E-state index contributed by atoms with van der Waals surface area (Å²) in [5.41, 5.74) is 0. The van der Waals surface area contributed by atoms with Crippen LogP contribution in [0.4, 0.5) is 0 Å². The number of hydrogen-bond donors (Lipinski definition) is 1. The summed E-state index contributed by atoms with van der Waals surface area (Å²) in [7, 11) is 2.23. The zero-order chi connectivity index (χ0) is 9.10. The summed E-state index contributed by atoms with van der Waals surface area (Å²) in [6.07, 6.45) is 2.69. The predicted molar refractivity (Wildman–Crippen MR) is 55.0 cm³/mol. The summed E-state index contributed by atoms with van der Waals surface area (Å²) in [6.45, 7) is 7.50. The van der Waals surface area contributed by atoms with Gasteiger partial charge in [-0.15, -0.1) is 0 Å². The Morgan fingerprint density at radius 3 is 2.85 bits per heavy atom. The van der Waals surface area contributed by atoms with Gasteiger partial charge < -0.3 is 10.2 Å². The number of rotatable bonds is 1. The molecule has 0 aromatic carbocycles. The van der Waals surface area contributed by atoms with E-state index in [0.29, 0.717) is 0 Å². The standard InChI is InChI=1S/C10H21N3/c1-12-7-3-10(9-12)13-6-2-4-11-5-8-13/h10-11H,2-9H2,1H3. The second-order valence-electron chi connectivity index (χ2n) is 4.34. The SMILES string of the molecule is CN1CCC(N2CCCNCC2)C1. The molecule has 3 heteroatoms. The van der Waals surface area contributed by atoms with Crippen LogP contribution in [0.25, 0.3) is 0 Å². The van der Waals surface area contributed by atoms with E-state index < -0.39 is 0 Å². The highest BCUT2D eigenvalue weighted by molar-refractivity contribution is 4.83. The van der Waals surface area contributed by atoms with E-state index in [1.54, 1.807) is 0 Å². The normalized spacial score (nSPS) is 33.5. The van der Waals surface area contributed by atoms with Crippen molar-refractivity contribution in [2.24, 2.45) is 0 Å². The summed E-state index contributed by atoms with van der Waals surface area (Å²) >= 11 is 0. The topological polar surface area (TPSA) is 18.5 Å². The number of likely N-dealkylation sites (N-methyl/N-ethyl adjacent to an activating group) is 1. The van der Waals surface area contributed by atoms with Crippen molar-refractivity contribution in [3.63, 3.8) is 0 Å². The molecule has 3 nitrogen and oxygen atoms in total. The highest BCUT2D eigenvalue weighted by Crippen LogP contribution is 2.14. The largest absolute Gasteiger partial charge is 0.315 e. The van der Waals surface area contributed by atoms with Crippen molar-refractivity contribution in [2.45, 2.75) is 18.9 Å². The maximum Gasteiger partial charge on any atom is 0.0235 e. The lowest BCUT2D eigenvalue weighted by molar-refractivity contribution is 0.210. The van der Waals surface area contributed by atoms with Crippen LogP contribution >= 0.6 is 0 Å². The second-order valence-corrected chi connectivity index (χ2v) is 4.34. The third-order valence-corrected chi connectivity index (χ3v) is 3.26. The lowest BCUT2D eigenvalue weighted by Crippen LogP contribution is -2.39. The average Bonchev–Trinajstić information content (AvgIpc) is 2.43. The maximum atomic E-state index is 3.46. The molecule has 2 heterocycles. The highest BCUT2D eigenvalue weighted by Gasteiger charge is 2.25. The average molecular weight is 183 g/mol. The van der Waals surface area contributed by atoms with Gasteiger partial charge in [-0.2, -0.15) is 0 Å². The van der Waals surface area contributed by atoms with Crippen molar-refractivity contribution in [3.05, 3.63) is 0 Å². The van der Waals surface area contributed by atoms with Gasteiger partial charge in [0.1, 0.15) is 0 Å².